The lowest BCUT2D eigenvalue weighted by atomic mass is 10.2. The largest absolute Gasteiger partial charge is 0.495 e. The maximum absolute atomic E-state index is 5.25. The van der Waals surface area contributed by atoms with Crippen LogP contribution in [0.5, 0.6) is 5.75 Å². The Bertz CT molecular complexity index is 857. The van der Waals surface area contributed by atoms with Crippen LogP contribution in [0, 0.1) is 6.92 Å². The molecule has 0 aliphatic carbocycles. The predicted octanol–water partition coefficient (Wildman–Crippen LogP) is 1.66. The molecular weight excluding hydrogens is 308 g/mol. The molecule has 0 unspecified atom stereocenters. The van der Waals surface area contributed by atoms with E-state index in [1.165, 1.54) is 6.33 Å². The van der Waals surface area contributed by atoms with E-state index in [2.05, 4.69) is 29.9 Å². The molecule has 4 rings (SSSR count). The summed E-state index contributed by atoms with van der Waals surface area (Å²) in [6, 6.07) is 2.01. The maximum Gasteiger partial charge on any atom is 0.263 e. The van der Waals surface area contributed by atoms with Crippen molar-refractivity contribution in [2.45, 2.75) is 6.92 Å². The summed E-state index contributed by atoms with van der Waals surface area (Å²) < 4.78 is 10.5. The summed E-state index contributed by atoms with van der Waals surface area (Å²) in [5.41, 5.74) is 2.43. The monoisotopic (exact) mass is 326 g/mol. The molecule has 124 valence electrons. The molecule has 0 spiro atoms. The van der Waals surface area contributed by atoms with Crippen LogP contribution in [0.3, 0.4) is 0 Å². The molecule has 8 heteroatoms. The Morgan fingerprint density at radius 1 is 1.08 bits per heavy atom. The molecule has 1 aliphatic rings. The molecule has 1 aliphatic heterocycles. The van der Waals surface area contributed by atoms with E-state index in [1.807, 2.05) is 19.2 Å². The summed E-state index contributed by atoms with van der Waals surface area (Å²) in [5, 5.41) is 4.89. The first-order valence-corrected chi connectivity index (χ1v) is 7.82. The number of anilines is 2. The number of hydrogen-bond acceptors (Lipinski definition) is 8. The number of methoxy groups -OCH3 is 1. The van der Waals surface area contributed by atoms with Gasteiger partial charge < -0.3 is 19.1 Å². The molecule has 0 bridgehead atoms. The fourth-order valence-corrected chi connectivity index (χ4v) is 3.01. The summed E-state index contributed by atoms with van der Waals surface area (Å²) in [5.74, 6) is 1.66. The van der Waals surface area contributed by atoms with Crippen molar-refractivity contribution in [3.63, 3.8) is 0 Å². The number of pyridine rings is 1. The number of aromatic nitrogens is 4. The number of nitrogens with zero attached hydrogens (tertiary/aromatic N) is 6. The van der Waals surface area contributed by atoms with Crippen molar-refractivity contribution in [2.75, 3.05) is 43.1 Å². The molecular formula is C16H18N6O2. The molecule has 1 fully saturated rings. The molecule has 4 heterocycles. The predicted molar refractivity (Wildman–Crippen MR) is 89.6 cm³/mol. The van der Waals surface area contributed by atoms with Gasteiger partial charge in [0.15, 0.2) is 0 Å². The lowest BCUT2D eigenvalue weighted by Gasteiger charge is -2.36. The van der Waals surface area contributed by atoms with E-state index in [4.69, 9.17) is 9.26 Å². The Kier molecular flexibility index (Phi) is 3.64. The minimum absolute atomic E-state index is 0.539. The number of ether oxygens (including phenoxy) is 1. The summed E-state index contributed by atoms with van der Waals surface area (Å²) in [6.45, 7) is 5.38. The fourth-order valence-electron chi connectivity index (χ4n) is 3.01. The molecule has 0 aromatic carbocycles. The van der Waals surface area contributed by atoms with Crippen molar-refractivity contribution >= 4 is 22.6 Å². The average Bonchev–Trinajstić information content (AvgIpc) is 3.03. The summed E-state index contributed by atoms with van der Waals surface area (Å²) in [7, 11) is 1.65. The number of hydrogen-bond donors (Lipinski definition) is 0. The van der Waals surface area contributed by atoms with Gasteiger partial charge in [0.1, 0.15) is 23.3 Å². The SMILES string of the molecule is COc1cncc(N2CCN(c3ncnc4onc(C)c34)CC2)c1. The van der Waals surface area contributed by atoms with Gasteiger partial charge >= 0.3 is 0 Å². The zero-order valence-electron chi connectivity index (χ0n) is 13.6. The van der Waals surface area contributed by atoms with Crippen molar-refractivity contribution in [2.24, 2.45) is 0 Å². The lowest BCUT2D eigenvalue weighted by molar-refractivity contribution is 0.413. The zero-order valence-corrected chi connectivity index (χ0v) is 13.6. The van der Waals surface area contributed by atoms with Gasteiger partial charge in [0, 0.05) is 32.2 Å². The molecule has 3 aromatic rings. The van der Waals surface area contributed by atoms with Crippen LogP contribution in [-0.2, 0) is 0 Å². The molecule has 0 amide bonds. The third kappa shape index (κ3) is 2.49. The van der Waals surface area contributed by atoms with Crippen LogP contribution in [0.4, 0.5) is 11.5 Å². The van der Waals surface area contributed by atoms with Crippen molar-refractivity contribution in [1.82, 2.24) is 20.1 Å². The van der Waals surface area contributed by atoms with E-state index in [0.29, 0.717) is 5.71 Å². The summed E-state index contributed by atoms with van der Waals surface area (Å²) in [4.78, 5) is 17.4. The normalized spacial score (nSPS) is 15.1. The Morgan fingerprint density at radius 3 is 2.67 bits per heavy atom. The van der Waals surface area contributed by atoms with Crippen LogP contribution in [0.25, 0.3) is 11.1 Å². The fraction of sp³-hybridized carbons (Fsp3) is 0.375. The lowest BCUT2D eigenvalue weighted by Crippen LogP contribution is -2.47. The van der Waals surface area contributed by atoms with Crippen molar-refractivity contribution in [3.05, 3.63) is 30.5 Å². The first-order chi connectivity index (χ1) is 11.8. The van der Waals surface area contributed by atoms with Crippen LogP contribution in [0.1, 0.15) is 5.69 Å². The van der Waals surface area contributed by atoms with E-state index in [1.54, 1.807) is 13.3 Å². The van der Waals surface area contributed by atoms with Crippen molar-refractivity contribution < 1.29 is 9.26 Å². The quantitative estimate of drug-likeness (QED) is 0.719. The highest BCUT2D eigenvalue weighted by molar-refractivity contribution is 5.87. The summed E-state index contributed by atoms with van der Waals surface area (Å²) in [6.07, 6.45) is 5.11. The highest BCUT2D eigenvalue weighted by atomic mass is 16.5. The number of piperazine rings is 1. The smallest absolute Gasteiger partial charge is 0.263 e. The molecule has 1 saturated heterocycles. The average molecular weight is 326 g/mol. The van der Waals surface area contributed by atoms with Gasteiger partial charge in [-0.2, -0.15) is 4.98 Å². The standard InChI is InChI=1S/C16H18N6O2/c1-11-14-15(18-10-19-16(14)24-20-11)22-5-3-21(4-6-22)12-7-13(23-2)9-17-8-12/h7-10H,3-6H2,1-2H3. The maximum atomic E-state index is 5.25. The third-order valence-electron chi connectivity index (χ3n) is 4.30. The Balaban J connectivity index is 1.54. The third-order valence-corrected chi connectivity index (χ3v) is 4.30. The second-order valence-electron chi connectivity index (χ2n) is 5.70. The van der Waals surface area contributed by atoms with Gasteiger partial charge in [0.05, 0.1) is 30.9 Å². The highest BCUT2D eigenvalue weighted by Crippen LogP contribution is 2.27. The van der Waals surface area contributed by atoms with E-state index in [-0.39, 0.29) is 0 Å². The second-order valence-corrected chi connectivity index (χ2v) is 5.70. The number of rotatable bonds is 3. The highest BCUT2D eigenvalue weighted by Gasteiger charge is 2.22. The topological polar surface area (TPSA) is 80.4 Å². The first kappa shape index (κ1) is 14.7. The Morgan fingerprint density at radius 2 is 1.88 bits per heavy atom. The van der Waals surface area contributed by atoms with Gasteiger partial charge in [-0.15, -0.1) is 0 Å². The molecule has 0 N–H and O–H groups in total. The van der Waals surface area contributed by atoms with Gasteiger partial charge in [0.2, 0.25) is 0 Å². The van der Waals surface area contributed by atoms with E-state index >= 15 is 0 Å². The van der Waals surface area contributed by atoms with Crippen LogP contribution in [0.2, 0.25) is 0 Å². The molecule has 0 radical (unpaired) electrons. The van der Waals surface area contributed by atoms with Crippen LogP contribution in [0.15, 0.2) is 29.3 Å². The Hall–Kier alpha value is -2.90. The Labute approximate surface area is 139 Å². The van der Waals surface area contributed by atoms with Crippen LogP contribution in [-0.4, -0.2) is 53.4 Å². The molecule has 3 aromatic heterocycles. The van der Waals surface area contributed by atoms with Gasteiger partial charge in [-0.3, -0.25) is 4.98 Å². The van der Waals surface area contributed by atoms with E-state index < -0.39 is 0 Å². The van der Waals surface area contributed by atoms with Crippen LogP contribution < -0.4 is 14.5 Å². The molecule has 0 atom stereocenters. The van der Waals surface area contributed by atoms with Gasteiger partial charge in [-0.25, -0.2) is 4.98 Å². The molecule has 0 saturated carbocycles. The van der Waals surface area contributed by atoms with Crippen LogP contribution >= 0.6 is 0 Å². The number of aryl methyl sites for hydroxylation is 1. The first-order valence-electron chi connectivity index (χ1n) is 7.82. The van der Waals surface area contributed by atoms with E-state index in [0.717, 1.165) is 54.5 Å². The zero-order chi connectivity index (χ0) is 16.5. The molecule has 8 nitrogen and oxygen atoms in total. The number of fused-ring (bicyclic) bond motifs is 1. The van der Waals surface area contributed by atoms with Gasteiger partial charge in [-0.05, 0) is 6.92 Å². The van der Waals surface area contributed by atoms with Gasteiger partial charge in [0.25, 0.3) is 5.71 Å². The minimum Gasteiger partial charge on any atom is -0.495 e. The van der Waals surface area contributed by atoms with Gasteiger partial charge in [-0.1, -0.05) is 5.16 Å². The van der Waals surface area contributed by atoms with Crippen molar-refractivity contribution in [1.29, 1.82) is 0 Å². The minimum atomic E-state index is 0.539. The molecule has 24 heavy (non-hydrogen) atoms. The van der Waals surface area contributed by atoms with E-state index in [9.17, 15) is 0 Å². The second kappa shape index (κ2) is 5.95. The van der Waals surface area contributed by atoms with Crippen molar-refractivity contribution in [3.8, 4) is 5.75 Å². The summed E-state index contributed by atoms with van der Waals surface area (Å²) >= 11 is 0.